The Labute approximate surface area is 70.9 Å². The molecule has 1 rings (SSSR count). The lowest BCUT2D eigenvalue weighted by molar-refractivity contribution is 0.194. The fourth-order valence-corrected chi connectivity index (χ4v) is 1.03. The molecule has 1 aromatic carbocycles. The molecule has 0 radical (unpaired) electrons. The third-order valence-corrected chi connectivity index (χ3v) is 1.80. The van der Waals surface area contributed by atoms with Crippen molar-refractivity contribution in [3.63, 3.8) is 0 Å². The number of phenolic OH excluding ortho intramolecular Hbond substituents is 2. The van der Waals surface area contributed by atoms with Crippen LogP contribution in [0.15, 0.2) is 12.1 Å². The Morgan fingerprint density at radius 3 is 2.25 bits per heavy atom. The third-order valence-electron chi connectivity index (χ3n) is 1.80. The van der Waals surface area contributed by atoms with Crippen molar-refractivity contribution >= 4 is 0 Å². The SMILES string of the molecule is Cc1cc(O)c(C(C)O)cc1O. The first-order chi connectivity index (χ1) is 5.52. The maximum absolute atomic E-state index is 9.32. The first-order valence-electron chi connectivity index (χ1n) is 3.73. The van der Waals surface area contributed by atoms with Crippen LogP contribution in [0.25, 0.3) is 0 Å². The molecule has 0 amide bonds. The van der Waals surface area contributed by atoms with Gasteiger partial charge in [0, 0.05) is 5.56 Å². The molecule has 0 aliphatic carbocycles. The Balaban J connectivity index is 3.23. The fourth-order valence-electron chi connectivity index (χ4n) is 1.03. The summed E-state index contributed by atoms with van der Waals surface area (Å²) >= 11 is 0. The van der Waals surface area contributed by atoms with Gasteiger partial charge in [0.2, 0.25) is 0 Å². The quantitative estimate of drug-likeness (QED) is 0.556. The van der Waals surface area contributed by atoms with E-state index in [9.17, 15) is 10.2 Å². The number of phenols is 2. The number of aliphatic hydroxyl groups excluding tert-OH is 1. The summed E-state index contributed by atoms with van der Waals surface area (Å²) < 4.78 is 0. The normalized spacial score (nSPS) is 12.9. The zero-order valence-electron chi connectivity index (χ0n) is 7.07. The molecule has 1 atom stereocenters. The molecule has 0 bridgehead atoms. The largest absolute Gasteiger partial charge is 0.508 e. The second-order valence-electron chi connectivity index (χ2n) is 2.87. The van der Waals surface area contributed by atoms with E-state index in [-0.39, 0.29) is 11.5 Å². The van der Waals surface area contributed by atoms with Crippen LogP contribution in [0.2, 0.25) is 0 Å². The highest BCUT2D eigenvalue weighted by Crippen LogP contribution is 2.30. The lowest BCUT2D eigenvalue weighted by Crippen LogP contribution is -1.92. The summed E-state index contributed by atoms with van der Waals surface area (Å²) in [6.45, 7) is 3.21. The highest BCUT2D eigenvalue weighted by atomic mass is 16.3. The minimum Gasteiger partial charge on any atom is -0.508 e. The van der Waals surface area contributed by atoms with Crippen LogP contribution in [-0.2, 0) is 0 Å². The molecule has 0 spiro atoms. The predicted octanol–water partition coefficient (Wildman–Crippen LogP) is 1.46. The van der Waals surface area contributed by atoms with Crippen LogP contribution in [0.4, 0.5) is 0 Å². The molecule has 3 heteroatoms. The van der Waals surface area contributed by atoms with Gasteiger partial charge in [-0.05, 0) is 31.5 Å². The molecule has 0 heterocycles. The maximum Gasteiger partial charge on any atom is 0.121 e. The molecule has 0 fully saturated rings. The first kappa shape index (κ1) is 8.87. The van der Waals surface area contributed by atoms with Crippen molar-refractivity contribution in [1.29, 1.82) is 0 Å². The summed E-state index contributed by atoms with van der Waals surface area (Å²) in [6, 6.07) is 2.80. The molecular formula is C9H12O3. The average molecular weight is 168 g/mol. The molecule has 0 aliphatic heterocycles. The Kier molecular flexibility index (Phi) is 2.24. The van der Waals surface area contributed by atoms with Gasteiger partial charge in [-0.3, -0.25) is 0 Å². The number of benzene rings is 1. The van der Waals surface area contributed by atoms with Crippen LogP contribution in [0.1, 0.15) is 24.2 Å². The van der Waals surface area contributed by atoms with Gasteiger partial charge >= 0.3 is 0 Å². The van der Waals surface area contributed by atoms with E-state index in [2.05, 4.69) is 0 Å². The van der Waals surface area contributed by atoms with Gasteiger partial charge in [-0.25, -0.2) is 0 Å². The number of aliphatic hydroxyl groups is 1. The lowest BCUT2D eigenvalue weighted by Gasteiger charge is -2.09. The molecule has 0 aromatic heterocycles. The second-order valence-corrected chi connectivity index (χ2v) is 2.87. The molecule has 0 saturated carbocycles. The Hall–Kier alpha value is -1.22. The van der Waals surface area contributed by atoms with Crippen molar-refractivity contribution in [2.75, 3.05) is 0 Å². The Morgan fingerprint density at radius 1 is 1.17 bits per heavy atom. The van der Waals surface area contributed by atoms with E-state index in [1.807, 2.05) is 0 Å². The van der Waals surface area contributed by atoms with E-state index in [0.29, 0.717) is 11.1 Å². The monoisotopic (exact) mass is 168 g/mol. The zero-order chi connectivity index (χ0) is 9.30. The molecule has 1 aromatic rings. The van der Waals surface area contributed by atoms with Crippen LogP contribution in [0.3, 0.4) is 0 Å². The van der Waals surface area contributed by atoms with Crippen LogP contribution in [0.5, 0.6) is 11.5 Å². The number of aryl methyl sites for hydroxylation is 1. The van der Waals surface area contributed by atoms with Crippen molar-refractivity contribution < 1.29 is 15.3 Å². The van der Waals surface area contributed by atoms with Crippen molar-refractivity contribution in [2.45, 2.75) is 20.0 Å². The number of hydrogen-bond donors (Lipinski definition) is 3. The molecule has 0 saturated heterocycles. The number of rotatable bonds is 1. The lowest BCUT2D eigenvalue weighted by atomic mass is 10.1. The summed E-state index contributed by atoms with van der Waals surface area (Å²) in [4.78, 5) is 0. The summed E-state index contributed by atoms with van der Waals surface area (Å²) in [7, 11) is 0. The van der Waals surface area contributed by atoms with E-state index in [0.717, 1.165) is 0 Å². The third kappa shape index (κ3) is 1.51. The molecule has 3 N–H and O–H groups in total. The molecule has 66 valence electrons. The van der Waals surface area contributed by atoms with Crippen LogP contribution in [-0.4, -0.2) is 15.3 Å². The van der Waals surface area contributed by atoms with E-state index >= 15 is 0 Å². The van der Waals surface area contributed by atoms with Crippen molar-refractivity contribution in [3.05, 3.63) is 23.3 Å². The highest BCUT2D eigenvalue weighted by Gasteiger charge is 2.09. The van der Waals surface area contributed by atoms with Gasteiger partial charge in [-0.15, -0.1) is 0 Å². The number of hydrogen-bond acceptors (Lipinski definition) is 3. The van der Waals surface area contributed by atoms with Gasteiger partial charge in [0.1, 0.15) is 11.5 Å². The van der Waals surface area contributed by atoms with Gasteiger partial charge in [0.25, 0.3) is 0 Å². The standard InChI is InChI=1S/C9H12O3/c1-5-3-9(12)7(6(2)10)4-8(5)11/h3-4,6,10-12H,1-2H3. The average Bonchev–Trinajstić information content (AvgIpc) is 1.96. The molecule has 3 nitrogen and oxygen atoms in total. The van der Waals surface area contributed by atoms with Gasteiger partial charge < -0.3 is 15.3 Å². The Bertz CT molecular complexity index is 292. The smallest absolute Gasteiger partial charge is 0.121 e. The zero-order valence-corrected chi connectivity index (χ0v) is 7.07. The van der Waals surface area contributed by atoms with Crippen LogP contribution in [0, 0.1) is 6.92 Å². The maximum atomic E-state index is 9.32. The number of aromatic hydroxyl groups is 2. The predicted molar refractivity (Wildman–Crippen MR) is 45.1 cm³/mol. The fraction of sp³-hybridized carbons (Fsp3) is 0.333. The van der Waals surface area contributed by atoms with Crippen LogP contribution >= 0.6 is 0 Å². The van der Waals surface area contributed by atoms with Gasteiger partial charge in [0.05, 0.1) is 6.10 Å². The van der Waals surface area contributed by atoms with E-state index in [1.165, 1.54) is 19.1 Å². The van der Waals surface area contributed by atoms with Gasteiger partial charge in [0.15, 0.2) is 0 Å². The molecule has 12 heavy (non-hydrogen) atoms. The summed E-state index contributed by atoms with van der Waals surface area (Å²) in [6.07, 6.45) is -0.767. The Morgan fingerprint density at radius 2 is 1.75 bits per heavy atom. The molecule has 1 unspecified atom stereocenters. The van der Waals surface area contributed by atoms with E-state index in [4.69, 9.17) is 5.11 Å². The summed E-state index contributed by atoms with van der Waals surface area (Å²) in [5.74, 6) is 0.101. The van der Waals surface area contributed by atoms with Gasteiger partial charge in [-0.2, -0.15) is 0 Å². The second kappa shape index (κ2) is 3.03. The summed E-state index contributed by atoms with van der Waals surface area (Å²) in [5.41, 5.74) is 0.940. The van der Waals surface area contributed by atoms with Crippen molar-refractivity contribution in [2.24, 2.45) is 0 Å². The molecule has 0 aliphatic rings. The minimum absolute atomic E-state index is 0.0142. The van der Waals surface area contributed by atoms with E-state index in [1.54, 1.807) is 6.92 Å². The topological polar surface area (TPSA) is 60.7 Å². The highest BCUT2D eigenvalue weighted by molar-refractivity contribution is 5.45. The van der Waals surface area contributed by atoms with Gasteiger partial charge in [-0.1, -0.05) is 0 Å². The van der Waals surface area contributed by atoms with Crippen LogP contribution < -0.4 is 0 Å². The molecular weight excluding hydrogens is 156 g/mol. The van der Waals surface area contributed by atoms with E-state index < -0.39 is 6.10 Å². The first-order valence-corrected chi connectivity index (χ1v) is 3.73. The summed E-state index contributed by atoms with van der Waals surface area (Å²) in [5, 5.41) is 27.7. The minimum atomic E-state index is -0.767. The van der Waals surface area contributed by atoms with Crippen molar-refractivity contribution in [3.8, 4) is 11.5 Å². The van der Waals surface area contributed by atoms with Crippen molar-refractivity contribution in [1.82, 2.24) is 0 Å².